The quantitative estimate of drug-likeness (QED) is 0.613. The molecule has 1 rings (SSSR count). The molecule has 0 fully saturated rings. The molecule has 0 aliphatic heterocycles. The molecule has 0 aromatic heterocycles. The van der Waals surface area contributed by atoms with E-state index in [-0.39, 0.29) is 12.2 Å². The number of carbonyl (C=O) groups is 1. The predicted molar refractivity (Wildman–Crippen MR) is 76.7 cm³/mol. The fraction of sp³-hybridized carbons (Fsp3) is 0.400. The molecule has 1 aromatic carbocycles. The minimum atomic E-state index is -0.547. The number of alkyl carbamates (subject to hydrolysis) is 1. The molecule has 0 heterocycles. The van der Waals surface area contributed by atoms with E-state index in [1.54, 1.807) is 27.7 Å². The van der Waals surface area contributed by atoms with Gasteiger partial charge in [0.1, 0.15) is 11.4 Å². The highest BCUT2D eigenvalue weighted by atomic mass is 19.1. The summed E-state index contributed by atoms with van der Waals surface area (Å²) in [7, 11) is 0. The highest BCUT2D eigenvalue weighted by Crippen LogP contribution is 2.15. The third-order valence-electron chi connectivity index (χ3n) is 2.29. The lowest BCUT2D eigenvalue weighted by atomic mass is 10.1. The van der Waals surface area contributed by atoms with Crippen LogP contribution in [-0.4, -0.2) is 18.2 Å². The molecule has 1 amide bonds. The maximum atomic E-state index is 13.3. The van der Waals surface area contributed by atoms with Crippen LogP contribution in [-0.2, 0) is 4.74 Å². The van der Waals surface area contributed by atoms with Crippen molar-refractivity contribution in [1.82, 2.24) is 5.32 Å². The number of carbonyl (C=O) groups excluding carboxylic acids is 1. The molecule has 20 heavy (non-hydrogen) atoms. The molecule has 0 atom stereocenters. The number of aryl methyl sites for hydroxylation is 1. The smallest absolute Gasteiger partial charge is 0.408 e. The van der Waals surface area contributed by atoms with E-state index >= 15 is 0 Å². The normalized spacial score (nSPS) is 10.4. The van der Waals surface area contributed by atoms with Gasteiger partial charge in [-0.25, -0.2) is 9.18 Å². The van der Waals surface area contributed by atoms with Crippen LogP contribution in [0.4, 0.5) is 14.9 Å². The lowest BCUT2D eigenvalue weighted by Crippen LogP contribution is -2.32. The van der Waals surface area contributed by atoms with Crippen molar-refractivity contribution < 1.29 is 13.9 Å². The van der Waals surface area contributed by atoms with Crippen molar-refractivity contribution in [2.75, 3.05) is 12.3 Å². The van der Waals surface area contributed by atoms with E-state index in [2.05, 4.69) is 17.2 Å². The van der Waals surface area contributed by atoms with Crippen LogP contribution in [0.15, 0.2) is 12.1 Å². The van der Waals surface area contributed by atoms with E-state index in [4.69, 9.17) is 10.5 Å². The summed E-state index contributed by atoms with van der Waals surface area (Å²) in [5, 5.41) is 2.50. The van der Waals surface area contributed by atoms with E-state index in [0.717, 1.165) is 5.56 Å². The second kappa shape index (κ2) is 6.29. The summed E-state index contributed by atoms with van der Waals surface area (Å²) < 4.78 is 18.4. The van der Waals surface area contributed by atoms with E-state index in [9.17, 15) is 9.18 Å². The molecule has 4 nitrogen and oxygen atoms in total. The van der Waals surface area contributed by atoms with Gasteiger partial charge in [-0.05, 0) is 45.4 Å². The average Bonchev–Trinajstić information content (AvgIpc) is 2.28. The van der Waals surface area contributed by atoms with Crippen LogP contribution < -0.4 is 11.1 Å². The van der Waals surface area contributed by atoms with E-state index in [0.29, 0.717) is 5.56 Å². The van der Waals surface area contributed by atoms with Crippen molar-refractivity contribution in [3.8, 4) is 11.8 Å². The minimum absolute atomic E-state index is 0.0972. The highest BCUT2D eigenvalue weighted by Gasteiger charge is 2.15. The maximum Gasteiger partial charge on any atom is 0.408 e. The number of nitrogens with two attached hydrogens (primary N) is 1. The van der Waals surface area contributed by atoms with Crippen LogP contribution in [0.2, 0.25) is 0 Å². The first-order valence-electron chi connectivity index (χ1n) is 6.20. The monoisotopic (exact) mass is 278 g/mol. The summed E-state index contributed by atoms with van der Waals surface area (Å²) >= 11 is 0. The lowest BCUT2D eigenvalue weighted by Gasteiger charge is -2.19. The number of hydrogen-bond acceptors (Lipinski definition) is 3. The molecule has 0 bridgehead atoms. The number of rotatable bonds is 1. The molecule has 0 aliphatic carbocycles. The number of anilines is 1. The van der Waals surface area contributed by atoms with Crippen molar-refractivity contribution in [3.63, 3.8) is 0 Å². The van der Waals surface area contributed by atoms with Crippen LogP contribution in [0.3, 0.4) is 0 Å². The molecule has 0 radical (unpaired) electrons. The summed E-state index contributed by atoms with van der Waals surface area (Å²) in [5.74, 6) is 5.02. The van der Waals surface area contributed by atoms with Crippen LogP contribution in [0.1, 0.15) is 31.9 Å². The number of amides is 1. The predicted octanol–water partition coefficient (Wildman–Crippen LogP) is 2.59. The van der Waals surface area contributed by atoms with Gasteiger partial charge in [-0.3, -0.25) is 0 Å². The average molecular weight is 278 g/mol. The Morgan fingerprint density at radius 2 is 2.10 bits per heavy atom. The second-order valence-electron chi connectivity index (χ2n) is 5.35. The van der Waals surface area contributed by atoms with Crippen LogP contribution in [0.5, 0.6) is 0 Å². The third kappa shape index (κ3) is 5.19. The van der Waals surface area contributed by atoms with E-state index < -0.39 is 17.5 Å². The van der Waals surface area contributed by atoms with Gasteiger partial charge in [0, 0.05) is 5.56 Å². The number of nitrogens with one attached hydrogen (secondary N) is 1. The fourth-order valence-electron chi connectivity index (χ4n) is 1.41. The first-order chi connectivity index (χ1) is 9.19. The first-order valence-corrected chi connectivity index (χ1v) is 6.20. The van der Waals surface area contributed by atoms with Gasteiger partial charge < -0.3 is 15.8 Å². The standard InChI is InChI=1S/C15H19FN2O2/c1-10-8-13(17)12(16)9-11(10)6-5-7-18-14(19)20-15(2,3)4/h8-9H,7,17H2,1-4H3,(H,18,19). The molecule has 5 heteroatoms. The Hall–Kier alpha value is -2.22. The highest BCUT2D eigenvalue weighted by molar-refractivity contribution is 5.68. The Kier molecular flexibility index (Phi) is 4.98. The Morgan fingerprint density at radius 3 is 2.70 bits per heavy atom. The molecule has 3 N–H and O–H groups in total. The molecular weight excluding hydrogens is 259 g/mol. The Morgan fingerprint density at radius 1 is 1.45 bits per heavy atom. The summed E-state index contributed by atoms with van der Waals surface area (Å²) in [4.78, 5) is 11.4. The van der Waals surface area contributed by atoms with E-state index in [1.165, 1.54) is 12.1 Å². The van der Waals surface area contributed by atoms with Gasteiger partial charge in [0.05, 0.1) is 12.2 Å². The summed E-state index contributed by atoms with van der Waals surface area (Å²) in [6.07, 6.45) is -0.535. The van der Waals surface area contributed by atoms with Gasteiger partial charge in [0.25, 0.3) is 0 Å². The Balaban J connectivity index is 2.60. The Labute approximate surface area is 118 Å². The van der Waals surface area contributed by atoms with Crippen molar-refractivity contribution >= 4 is 11.8 Å². The lowest BCUT2D eigenvalue weighted by molar-refractivity contribution is 0.0535. The van der Waals surface area contributed by atoms with Crippen molar-refractivity contribution in [2.24, 2.45) is 0 Å². The topological polar surface area (TPSA) is 64.3 Å². The largest absolute Gasteiger partial charge is 0.444 e. The van der Waals surface area contributed by atoms with Crippen molar-refractivity contribution in [2.45, 2.75) is 33.3 Å². The molecule has 0 saturated heterocycles. The van der Waals surface area contributed by atoms with Gasteiger partial charge in [0.15, 0.2) is 0 Å². The summed E-state index contributed by atoms with van der Waals surface area (Å²) in [6, 6.07) is 2.81. The first kappa shape index (κ1) is 15.8. The van der Waals surface area contributed by atoms with Crippen LogP contribution in [0, 0.1) is 24.6 Å². The zero-order chi connectivity index (χ0) is 15.3. The summed E-state index contributed by atoms with van der Waals surface area (Å²) in [5.41, 5.74) is 6.33. The molecule has 0 saturated carbocycles. The molecule has 108 valence electrons. The van der Waals surface area contributed by atoms with Gasteiger partial charge in [-0.1, -0.05) is 11.8 Å². The number of ether oxygens (including phenoxy) is 1. The minimum Gasteiger partial charge on any atom is -0.444 e. The second-order valence-corrected chi connectivity index (χ2v) is 5.35. The van der Waals surface area contributed by atoms with Crippen molar-refractivity contribution in [3.05, 3.63) is 29.1 Å². The SMILES string of the molecule is Cc1cc(N)c(F)cc1C#CCNC(=O)OC(C)(C)C. The number of hydrogen-bond donors (Lipinski definition) is 2. The van der Waals surface area contributed by atoms with Crippen molar-refractivity contribution in [1.29, 1.82) is 0 Å². The maximum absolute atomic E-state index is 13.3. The Bertz CT molecular complexity index is 566. The number of benzene rings is 1. The molecule has 1 aromatic rings. The fourth-order valence-corrected chi connectivity index (χ4v) is 1.41. The molecular formula is C15H19FN2O2. The van der Waals surface area contributed by atoms with Gasteiger partial charge >= 0.3 is 6.09 Å². The number of nitrogen functional groups attached to an aromatic ring is 1. The zero-order valence-electron chi connectivity index (χ0n) is 12.1. The molecule has 0 spiro atoms. The third-order valence-corrected chi connectivity index (χ3v) is 2.29. The van der Waals surface area contributed by atoms with E-state index in [1.807, 2.05) is 0 Å². The molecule has 0 aliphatic rings. The van der Waals surface area contributed by atoms with Gasteiger partial charge in [-0.15, -0.1) is 0 Å². The van der Waals surface area contributed by atoms with Crippen LogP contribution in [0.25, 0.3) is 0 Å². The zero-order valence-corrected chi connectivity index (χ0v) is 12.1. The van der Waals surface area contributed by atoms with Gasteiger partial charge in [0.2, 0.25) is 0 Å². The van der Waals surface area contributed by atoms with Crippen LogP contribution >= 0.6 is 0 Å². The van der Waals surface area contributed by atoms with Gasteiger partial charge in [-0.2, -0.15) is 0 Å². The summed E-state index contributed by atoms with van der Waals surface area (Å²) in [6.45, 7) is 7.25. The number of halogens is 1. The molecule has 0 unspecified atom stereocenters.